The standard InChI is InChI=1S/C24H22ClN3O3/c1-16-3-8-21(11-17(16)2)30-15-22-9-10-23(31-22)24(29)27-20-12-26-28(14-20)13-18-4-6-19(25)7-5-18/h3-12,14H,13,15H2,1-2H3,(H,27,29). The average molecular weight is 436 g/mol. The molecule has 0 unspecified atom stereocenters. The summed E-state index contributed by atoms with van der Waals surface area (Å²) >= 11 is 5.91. The fourth-order valence-corrected chi connectivity index (χ4v) is 3.15. The van der Waals surface area contributed by atoms with Gasteiger partial charge in [-0.3, -0.25) is 9.48 Å². The van der Waals surface area contributed by atoms with Crippen molar-refractivity contribution in [2.45, 2.75) is 27.0 Å². The summed E-state index contributed by atoms with van der Waals surface area (Å²) in [7, 11) is 0. The van der Waals surface area contributed by atoms with Crippen molar-refractivity contribution in [2.75, 3.05) is 5.32 Å². The van der Waals surface area contributed by atoms with E-state index in [1.165, 1.54) is 5.56 Å². The maximum absolute atomic E-state index is 12.5. The molecule has 4 aromatic rings. The monoisotopic (exact) mass is 435 g/mol. The molecule has 1 N–H and O–H groups in total. The van der Waals surface area contributed by atoms with Crippen LogP contribution >= 0.6 is 11.6 Å². The number of furan rings is 1. The zero-order chi connectivity index (χ0) is 21.8. The van der Waals surface area contributed by atoms with Crippen LogP contribution in [0.5, 0.6) is 5.75 Å². The molecule has 0 aliphatic heterocycles. The van der Waals surface area contributed by atoms with Gasteiger partial charge in [0.2, 0.25) is 0 Å². The maximum Gasteiger partial charge on any atom is 0.291 e. The van der Waals surface area contributed by atoms with E-state index in [-0.39, 0.29) is 18.3 Å². The molecule has 6 nitrogen and oxygen atoms in total. The number of ether oxygens (including phenoxy) is 1. The third-order valence-corrected chi connectivity index (χ3v) is 5.15. The molecule has 0 fully saturated rings. The van der Waals surface area contributed by atoms with E-state index in [4.69, 9.17) is 20.8 Å². The summed E-state index contributed by atoms with van der Waals surface area (Å²) in [6.45, 7) is 4.91. The third kappa shape index (κ3) is 5.35. The molecule has 2 heterocycles. The van der Waals surface area contributed by atoms with E-state index < -0.39 is 0 Å². The fourth-order valence-electron chi connectivity index (χ4n) is 3.02. The molecule has 7 heteroatoms. The first-order chi connectivity index (χ1) is 15.0. The first-order valence-corrected chi connectivity index (χ1v) is 10.2. The van der Waals surface area contributed by atoms with E-state index in [0.29, 0.717) is 23.0 Å². The molecule has 0 aliphatic carbocycles. The van der Waals surface area contributed by atoms with Crippen LogP contribution in [0.2, 0.25) is 5.02 Å². The number of anilines is 1. The van der Waals surface area contributed by atoms with Crippen molar-refractivity contribution >= 4 is 23.2 Å². The Kier molecular flexibility index (Phi) is 6.09. The topological polar surface area (TPSA) is 69.3 Å². The van der Waals surface area contributed by atoms with Gasteiger partial charge in [0.15, 0.2) is 5.76 Å². The summed E-state index contributed by atoms with van der Waals surface area (Å²) < 4.78 is 13.1. The van der Waals surface area contributed by atoms with E-state index in [1.54, 1.807) is 29.2 Å². The Balaban J connectivity index is 1.33. The minimum Gasteiger partial charge on any atom is -0.486 e. The van der Waals surface area contributed by atoms with Crippen molar-refractivity contribution in [3.8, 4) is 5.75 Å². The van der Waals surface area contributed by atoms with Crippen molar-refractivity contribution in [1.29, 1.82) is 0 Å². The average Bonchev–Trinajstić information content (AvgIpc) is 3.40. The largest absolute Gasteiger partial charge is 0.486 e. The number of nitrogens with one attached hydrogen (secondary N) is 1. The van der Waals surface area contributed by atoms with E-state index >= 15 is 0 Å². The second-order valence-electron chi connectivity index (χ2n) is 7.31. The molecule has 31 heavy (non-hydrogen) atoms. The molecule has 0 atom stereocenters. The van der Waals surface area contributed by atoms with Gasteiger partial charge in [0.1, 0.15) is 18.1 Å². The Hall–Kier alpha value is -3.51. The van der Waals surface area contributed by atoms with Gasteiger partial charge >= 0.3 is 0 Å². The lowest BCUT2D eigenvalue weighted by Gasteiger charge is -2.06. The van der Waals surface area contributed by atoms with Crippen LogP contribution < -0.4 is 10.1 Å². The van der Waals surface area contributed by atoms with Crippen LogP contribution in [-0.4, -0.2) is 15.7 Å². The van der Waals surface area contributed by atoms with Gasteiger partial charge in [-0.2, -0.15) is 5.10 Å². The maximum atomic E-state index is 12.5. The number of carbonyl (C=O) groups is 1. The minimum absolute atomic E-state index is 0.212. The molecular weight excluding hydrogens is 414 g/mol. The molecule has 4 rings (SSSR count). The molecule has 0 aliphatic rings. The Bertz CT molecular complexity index is 1200. The van der Waals surface area contributed by atoms with E-state index in [0.717, 1.165) is 16.9 Å². The molecule has 2 aromatic carbocycles. The van der Waals surface area contributed by atoms with Crippen molar-refractivity contribution in [1.82, 2.24) is 9.78 Å². The van der Waals surface area contributed by atoms with Gasteiger partial charge < -0.3 is 14.5 Å². The number of hydrogen-bond donors (Lipinski definition) is 1. The van der Waals surface area contributed by atoms with Crippen molar-refractivity contribution in [3.05, 3.63) is 100 Å². The van der Waals surface area contributed by atoms with Crippen molar-refractivity contribution in [2.24, 2.45) is 0 Å². The normalized spacial score (nSPS) is 10.8. The summed E-state index contributed by atoms with van der Waals surface area (Å²) in [5, 5.41) is 7.77. The molecule has 0 saturated carbocycles. The highest BCUT2D eigenvalue weighted by atomic mass is 35.5. The SMILES string of the molecule is Cc1ccc(OCc2ccc(C(=O)Nc3cnn(Cc4ccc(Cl)cc4)c3)o2)cc1C. The predicted octanol–water partition coefficient (Wildman–Crippen LogP) is 5.63. The van der Waals surface area contributed by atoms with Crippen LogP contribution in [0.4, 0.5) is 5.69 Å². The van der Waals surface area contributed by atoms with Crippen LogP contribution in [0, 0.1) is 13.8 Å². The minimum atomic E-state index is -0.344. The lowest BCUT2D eigenvalue weighted by Crippen LogP contribution is -2.10. The second kappa shape index (κ2) is 9.10. The van der Waals surface area contributed by atoms with E-state index in [9.17, 15) is 4.79 Å². The molecule has 0 saturated heterocycles. The number of benzene rings is 2. The number of amides is 1. The number of carbonyl (C=O) groups excluding carboxylic acids is 1. The van der Waals surface area contributed by atoms with Crippen LogP contribution in [0.15, 0.2) is 71.4 Å². The predicted molar refractivity (Wildman–Crippen MR) is 120 cm³/mol. The number of halogens is 1. The second-order valence-corrected chi connectivity index (χ2v) is 7.74. The molecule has 1 amide bonds. The number of aryl methyl sites for hydroxylation is 2. The first kappa shape index (κ1) is 20.8. The quantitative estimate of drug-likeness (QED) is 0.408. The van der Waals surface area contributed by atoms with E-state index in [2.05, 4.69) is 17.3 Å². The van der Waals surface area contributed by atoms with Gasteiger partial charge in [-0.15, -0.1) is 0 Å². The summed E-state index contributed by atoms with van der Waals surface area (Å²) in [6, 6.07) is 16.8. The fraction of sp³-hybridized carbons (Fsp3) is 0.167. The van der Waals surface area contributed by atoms with Crippen molar-refractivity contribution in [3.63, 3.8) is 0 Å². The molecule has 2 aromatic heterocycles. The zero-order valence-electron chi connectivity index (χ0n) is 17.3. The number of nitrogens with zero attached hydrogens (tertiary/aromatic N) is 2. The zero-order valence-corrected chi connectivity index (χ0v) is 18.0. The van der Waals surface area contributed by atoms with Crippen LogP contribution in [0.1, 0.15) is 33.0 Å². The van der Waals surface area contributed by atoms with Crippen LogP contribution in [0.25, 0.3) is 0 Å². The molecular formula is C24H22ClN3O3. The summed E-state index contributed by atoms with van der Waals surface area (Å²) in [5.41, 5.74) is 4.02. The van der Waals surface area contributed by atoms with Gasteiger partial charge in [-0.25, -0.2) is 0 Å². The molecule has 158 valence electrons. The van der Waals surface area contributed by atoms with Gasteiger partial charge in [-0.05, 0) is 66.9 Å². The van der Waals surface area contributed by atoms with Crippen LogP contribution in [-0.2, 0) is 13.2 Å². The third-order valence-electron chi connectivity index (χ3n) is 4.89. The highest BCUT2D eigenvalue weighted by Crippen LogP contribution is 2.19. The number of hydrogen-bond acceptors (Lipinski definition) is 4. The van der Waals surface area contributed by atoms with Crippen molar-refractivity contribution < 1.29 is 13.9 Å². The van der Waals surface area contributed by atoms with Gasteiger partial charge in [-0.1, -0.05) is 29.8 Å². The highest BCUT2D eigenvalue weighted by molar-refractivity contribution is 6.30. The van der Waals surface area contributed by atoms with Crippen LogP contribution in [0.3, 0.4) is 0 Å². The number of aromatic nitrogens is 2. The van der Waals surface area contributed by atoms with Gasteiger partial charge in [0, 0.05) is 11.2 Å². The Morgan fingerprint density at radius 1 is 1.10 bits per heavy atom. The van der Waals surface area contributed by atoms with E-state index in [1.807, 2.05) is 49.4 Å². The Labute approximate surface area is 185 Å². The Morgan fingerprint density at radius 2 is 1.90 bits per heavy atom. The highest BCUT2D eigenvalue weighted by Gasteiger charge is 2.13. The summed E-state index contributed by atoms with van der Waals surface area (Å²) in [4.78, 5) is 12.5. The Morgan fingerprint density at radius 3 is 2.68 bits per heavy atom. The smallest absolute Gasteiger partial charge is 0.291 e. The lowest BCUT2D eigenvalue weighted by molar-refractivity contribution is 0.0992. The lowest BCUT2D eigenvalue weighted by atomic mass is 10.1. The molecule has 0 radical (unpaired) electrons. The van der Waals surface area contributed by atoms with Gasteiger partial charge in [0.05, 0.1) is 18.4 Å². The number of rotatable bonds is 7. The first-order valence-electron chi connectivity index (χ1n) is 9.83. The molecule has 0 spiro atoms. The van der Waals surface area contributed by atoms with Gasteiger partial charge in [0.25, 0.3) is 5.91 Å². The summed E-state index contributed by atoms with van der Waals surface area (Å²) in [5.74, 6) is 1.20. The summed E-state index contributed by atoms with van der Waals surface area (Å²) in [6.07, 6.45) is 3.36. The molecule has 0 bridgehead atoms.